The van der Waals surface area contributed by atoms with Crippen LogP contribution in [-0.4, -0.2) is 62.3 Å². The van der Waals surface area contributed by atoms with E-state index in [1.165, 1.54) is 5.56 Å². The van der Waals surface area contributed by atoms with Crippen LogP contribution in [0.15, 0.2) is 24.3 Å². The minimum Gasteiger partial charge on any atom is -0.368 e. The summed E-state index contributed by atoms with van der Waals surface area (Å²) in [5.74, 6) is 1.84. The molecule has 3 rings (SSSR count). The largest absolute Gasteiger partial charge is 0.368 e. The van der Waals surface area contributed by atoms with Crippen LogP contribution in [0.25, 0.3) is 0 Å². The number of anilines is 3. The van der Waals surface area contributed by atoms with Gasteiger partial charge in [0, 0.05) is 31.9 Å². The molecule has 2 heterocycles. The SMILES string of the molecule is Cc1ccc(Nc2nc(N)nc(CSC(=S)N3CCN(C)CC3)n2)cc1. The Morgan fingerprint density at radius 3 is 2.54 bits per heavy atom. The summed E-state index contributed by atoms with van der Waals surface area (Å²) in [4.78, 5) is 17.4. The first-order valence-corrected chi connectivity index (χ1v) is 9.83. The van der Waals surface area contributed by atoms with Crippen molar-refractivity contribution < 1.29 is 0 Å². The van der Waals surface area contributed by atoms with Gasteiger partial charge in [-0.3, -0.25) is 0 Å². The second-order valence-corrected chi connectivity index (χ2v) is 7.88. The number of thioether (sulfide) groups is 1. The van der Waals surface area contributed by atoms with Crippen LogP contribution in [0.4, 0.5) is 17.6 Å². The predicted molar refractivity (Wildman–Crippen MR) is 112 cm³/mol. The highest BCUT2D eigenvalue weighted by molar-refractivity contribution is 8.22. The minimum atomic E-state index is 0.204. The fourth-order valence-corrected chi connectivity index (χ4v) is 3.64. The van der Waals surface area contributed by atoms with Gasteiger partial charge in [-0.25, -0.2) is 0 Å². The molecule has 1 aromatic carbocycles. The molecule has 0 saturated carbocycles. The minimum absolute atomic E-state index is 0.204. The number of rotatable bonds is 4. The summed E-state index contributed by atoms with van der Waals surface area (Å²) >= 11 is 7.11. The van der Waals surface area contributed by atoms with Crippen molar-refractivity contribution in [3.63, 3.8) is 0 Å². The number of hydrogen-bond acceptors (Lipinski definition) is 8. The maximum Gasteiger partial charge on any atom is 0.232 e. The molecule has 1 fully saturated rings. The van der Waals surface area contributed by atoms with Crippen molar-refractivity contribution in [1.29, 1.82) is 0 Å². The van der Waals surface area contributed by atoms with Crippen LogP contribution in [0.1, 0.15) is 11.4 Å². The number of hydrogen-bond donors (Lipinski definition) is 2. The number of aromatic nitrogens is 3. The van der Waals surface area contributed by atoms with Gasteiger partial charge < -0.3 is 20.9 Å². The van der Waals surface area contributed by atoms with Crippen LogP contribution >= 0.6 is 24.0 Å². The third-order valence-electron chi connectivity index (χ3n) is 4.09. The van der Waals surface area contributed by atoms with E-state index in [1.54, 1.807) is 11.8 Å². The summed E-state index contributed by atoms with van der Waals surface area (Å²) in [6.45, 7) is 6.03. The third kappa shape index (κ3) is 5.26. The van der Waals surface area contributed by atoms with E-state index in [4.69, 9.17) is 18.0 Å². The van der Waals surface area contributed by atoms with Gasteiger partial charge in [0.05, 0.1) is 5.75 Å². The second kappa shape index (κ2) is 8.61. The summed E-state index contributed by atoms with van der Waals surface area (Å²) in [6, 6.07) is 8.01. The molecular formula is C17H23N7S2. The number of benzene rings is 1. The Hall–Kier alpha value is -1.97. The van der Waals surface area contributed by atoms with Crippen molar-refractivity contribution in [2.75, 3.05) is 44.3 Å². The molecule has 138 valence electrons. The lowest BCUT2D eigenvalue weighted by Crippen LogP contribution is -2.45. The second-order valence-electron chi connectivity index (χ2n) is 6.27. The van der Waals surface area contributed by atoms with Gasteiger partial charge in [-0.15, -0.1) is 0 Å². The van der Waals surface area contributed by atoms with Gasteiger partial charge in [-0.2, -0.15) is 15.0 Å². The quantitative estimate of drug-likeness (QED) is 0.765. The summed E-state index contributed by atoms with van der Waals surface area (Å²) < 4.78 is 0.880. The fourth-order valence-electron chi connectivity index (χ4n) is 2.53. The molecule has 2 aromatic rings. The number of likely N-dealkylation sites (N-methyl/N-ethyl adjacent to an activating group) is 1. The Morgan fingerprint density at radius 1 is 1.15 bits per heavy atom. The van der Waals surface area contributed by atoms with Crippen molar-refractivity contribution in [3.8, 4) is 0 Å². The molecule has 0 spiro atoms. The molecule has 0 amide bonds. The van der Waals surface area contributed by atoms with Gasteiger partial charge in [0.1, 0.15) is 10.1 Å². The van der Waals surface area contributed by atoms with Gasteiger partial charge in [0.25, 0.3) is 0 Å². The van der Waals surface area contributed by atoms with Gasteiger partial charge in [-0.1, -0.05) is 41.7 Å². The standard InChI is InChI=1S/C17H23N7S2/c1-12-3-5-13(6-4-12)19-16-21-14(20-15(18)22-16)11-26-17(25)24-9-7-23(2)8-10-24/h3-6H,7-11H2,1-2H3,(H3,18,19,20,21,22). The van der Waals surface area contributed by atoms with Crippen LogP contribution < -0.4 is 11.1 Å². The molecule has 1 aliphatic heterocycles. The molecule has 7 nitrogen and oxygen atoms in total. The monoisotopic (exact) mass is 389 g/mol. The summed E-state index contributed by atoms with van der Waals surface area (Å²) in [5.41, 5.74) is 7.95. The smallest absolute Gasteiger partial charge is 0.232 e. The van der Waals surface area contributed by atoms with E-state index in [0.29, 0.717) is 17.5 Å². The van der Waals surface area contributed by atoms with Crippen molar-refractivity contribution in [2.24, 2.45) is 0 Å². The maximum absolute atomic E-state index is 5.84. The van der Waals surface area contributed by atoms with Gasteiger partial charge >= 0.3 is 0 Å². The Balaban J connectivity index is 1.60. The van der Waals surface area contributed by atoms with Crippen LogP contribution in [-0.2, 0) is 5.75 Å². The zero-order chi connectivity index (χ0) is 18.5. The molecule has 0 aliphatic carbocycles. The van der Waals surface area contributed by atoms with Crippen molar-refractivity contribution >= 4 is 45.9 Å². The zero-order valence-corrected chi connectivity index (χ0v) is 16.6. The van der Waals surface area contributed by atoms with Crippen molar-refractivity contribution in [2.45, 2.75) is 12.7 Å². The number of nitrogen functional groups attached to an aromatic ring is 1. The molecule has 3 N–H and O–H groups in total. The summed E-state index contributed by atoms with van der Waals surface area (Å²) in [6.07, 6.45) is 0. The number of nitrogens with one attached hydrogen (secondary N) is 1. The van der Waals surface area contributed by atoms with Gasteiger partial charge in [-0.05, 0) is 26.1 Å². The van der Waals surface area contributed by atoms with Crippen LogP contribution in [0.5, 0.6) is 0 Å². The normalized spacial score (nSPS) is 15.1. The van der Waals surface area contributed by atoms with Crippen LogP contribution in [0.3, 0.4) is 0 Å². The van der Waals surface area contributed by atoms with Crippen LogP contribution in [0.2, 0.25) is 0 Å². The molecule has 0 radical (unpaired) electrons. The first kappa shape index (κ1) is 18.8. The first-order chi connectivity index (χ1) is 12.5. The van der Waals surface area contributed by atoms with Gasteiger partial charge in [0.2, 0.25) is 11.9 Å². The topological polar surface area (TPSA) is 83.2 Å². The maximum atomic E-state index is 5.84. The number of piperazine rings is 1. The van der Waals surface area contributed by atoms with Crippen molar-refractivity contribution in [1.82, 2.24) is 24.8 Å². The van der Waals surface area contributed by atoms with E-state index in [0.717, 1.165) is 36.2 Å². The molecule has 0 bridgehead atoms. The van der Waals surface area contributed by atoms with Gasteiger partial charge in [0.15, 0.2) is 0 Å². The Kier molecular flexibility index (Phi) is 6.23. The lowest BCUT2D eigenvalue weighted by atomic mass is 10.2. The molecule has 0 atom stereocenters. The Morgan fingerprint density at radius 2 is 1.85 bits per heavy atom. The van der Waals surface area contributed by atoms with E-state index < -0.39 is 0 Å². The highest BCUT2D eigenvalue weighted by atomic mass is 32.2. The number of nitrogens with two attached hydrogens (primary N) is 1. The number of aryl methyl sites for hydroxylation is 1. The highest BCUT2D eigenvalue weighted by Crippen LogP contribution is 2.19. The van der Waals surface area contributed by atoms with E-state index in [9.17, 15) is 0 Å². The van der Waals surface area contributed by atoms with E-state index in [2.05, 4.69) is 37.1 Å². The first-order valence-electron chi connectivity index (χ1n) is 8.44. The number of nitrogens with zero attached hydrogens (tertiary/aromatic N) is 5. The zero-order valence-electron chi connectivity index (χ0n) is 15.0. The highest BCUT2D eigenvalue weighted by Gasteiger charge is 2.17. The molecule has 26 heavy (non-hydrogen) atoms. The number of thiocarbonyl (C=S) groups is 1. The molecule has 9 heteroatoms. The molecule has 1 saturated heterocycles. The fraction of sp³-hybridized carbons (Fsp3) is 0.412. The molecule has 0 unspecified atom stereocenters. The third-order valence-corrected chi connectivity index (χ3v) is 5.61. The predicted octanol–water partition coefficient (Wildman–Crippen LogP) is 2.27. The molecular weight excluding hydrogens is 366 g/mol. The van der Waals surface area contributed by atoms with E-state index in [-0.39, 0.29) is 5.95 Å². The Labute approximate surface area is 163 Å². The van der Waals surface area contributed by atoms with E-state index >= 15 is 0 Å². The lowest BCUT2D eigenvalue weighted by Gasteiger charge is -2.33. The summed E-state index contributed by atoms with van der Waals surface area (Å²) in [5, 5.41) is 3.17. The molecule has 1 aromatic heterocycles. The van der Waals surface area contributed by atoms with Crippen LogP contribution in [0, 0.1) is 6.92 Å². The molecule has 1 aliphatic rings. The summed E-state index contributed by atoms with van der Waals surface area (Å²) in [7, 11) is 2.13. The average Bonchev–Trinajstić information content (AvgIpc) is 2.62. The average molecular weight is 390 g/mol. The van der Waals surface area contributed by atoms with E-state index in [1.807, 2.05) is 31.2 Å². The van der Waals surface area contributed by atoms with Crippen molar-refractivity contribution in [3.05, 3.63) is 35.7 Å². The Bertz CT molecular complexity index is 758. The lowest BCUT2D eigenvalue weighted by molar-refractivity contribution is 0.220.